The highest BCUT2D eigenvalue weighted by Gasteiger charge is 2.25. The summed E-state index contributed by atoms with van der Waals surface area (Å²) in [5, 5.41) is 8.18. The van der Waals surface area contributed by atoms with Gasteiger partial charge < -0.3 is 9.47 Å². The Morgan fingerprint density at radius 2 is 2.33 bits per heavy atom. The van der Waals surface area contributed by atoms with Crippen LogP contribution in [-0.2, 0) is 7.05 Å². The van der Waals surface area contributed by atoms with Crippen LogP contribution in [0.3, 0.4) is 0 Å². The smallest absolute Gasteiger partial charge is 0.137 e. The van der Waals surface area contributed by atoms with Gasteiger partial charge in [-0.15, -0.1) is 10.2 Å². The van der Waals surface area contributed by atoms with Crippen molar-refractivity contribution in [2.24, 2.45) is 7.05 Å². The average molecular weight is 244 g/mol. The molecule has 0 aliphatic carbocycles. The first-order valence-corrected chi connectivity index (χ1v) is 6.19. The maximum Gasteiger partial charge on any atom is 0.137 e. The van der Waals surface area contributed by atoms with E-state index in [1.807, 2.05) is 17.7 Å². The molecule has 94 valence electrons. The highest BCUT2D eigenvalue weighted by atomic mass is 15.3. The van der Waals surface area contributed by atoms with Crippen molar-refractivity contribution >= 4 is 5.82 Å². The molecule has 1 aliphatic heterocycles. The van der Waals surface area contributed by atoms with Crippen LogP contribution in [0.15, 0.2) is 24.9 Å². The van der Waals surface area contributed by atoms with Gasteiger partial charge in [0.25, 0.3) is 0 Å². The molecule has 6 nitrogen and oxygen atoms in total. The fourth-order valence-electron chi connectivity index (χ4n) is 2.53. The minimum absolute atomic E-state index is 0.432. The Kier molecular flexibility index (Phi) is 2.92. The minimum atomic E-state index is 0.432. The topological polar surface area (TPSA) is 59.7 Å². The molecule has 0 radical (unpaired) electrons. The van der Waals surface area contributed by atoms with E-state index in [-0.39, 0.29) is 0 Å². The summed E-state index contributed by atoms with van der Waals surface area (Å²) in [5.41, 5.74) is 0. The van der Waals surface area contributed by atoms with E-state index < -0.39 is 0 Å². The number of hydrogen-bond donors (Lipinski definition) is 0. The largest absolute Gasteiger partial charge is 0.356 e. The summed E-state index contributed by atoms with van der Waals surface area (Å²) in [5.74, 6) is 2.49. The first-order valence-electron chi connectivity index (χ1n) is 6.19. The van der Waals surface area contributed by atoms with E-state index in [0.29, 0.717) is 5.92 Å². The summed E-state index contributed by atoms with van der Waals surface area (Å²) in [7, 11) is 2.00. The van der Waals surface area contributed by atoms with E-state index in [1.165, 1.54) is 0 Å². The Balaban J connectivity index is 1.79. The van der Waals surface area contributed by atoms with Crippen LogP contribution in [0.4, 0.5) is 5.82 Å². The van der Waals surface area contributed by atoms with Crippen molar-refractivity contribution in [2.75, 3.05) is 18.0 Å². The second kappa shape index (κ2) is 4.72. The molecule has 6 heteroatoms. The summed E-state index contributed by atoms with van der Waals surface area (Å²) in [6.45, 7) is 1.99. The molecule has 1 fully saturated rings. The highest BCUT2D eigenvalue weighted by Crippen LogP contribution is 2.27. The van der Waals surface area contributed by atoms with E-state index in [2.05, 4.69) is 25.1 Å². The molecule has 2 aromatic heterocycles. The third-order valence-corrected chi connectivity index (χ3v) is 3.42. The third-order valence-electron chi connectivity index (χ3n) is 3.42. The van der Waals surface area contributed by atoms with Gasteiger partial charge in [-0.05, 0) is 18.9 Å². The quantitative estimate of drug-likeness (QED) is 0.788. The number of nitrogens with zero attached hydrogens (tertiary/aromatic N) is 6. The van der Waals surface area contributed by atoms with Crippen LogP contribution >= 0.6 is 0 Å². The van der Waals surface area contributed by atoms with Crippen LogP contribution in [0.2, 0.25) is 0 Å². The van der Waals surface area contributed by atoms with Gasteiger partial charge in [0.05, 0.1) is 0 Å². The summed E-state index contributed by atoms with van der Waals surface area (Å²) >= 11 is 0. The van der Waals surface area contributed by atoms with E-state index in [4.69, 9.17) is 0 Å². The zero-order chi connectivity index (χ0) is 12.4. The molecule has 0 amide bonds. The molecule has 1 atom stereocenters. The van der Waals surface area contributed by atoms with Crippen molar-refractivity contribution in [3.8, 4) is 0 Å². The number of piperidine rings is 1. The maximum atomic E-state index is 4.31. The number of anilines is 1. The van der Waals surface area contributed by atoms with Gasteiger partial charge in [-0.1, -0.05) is 0 Å². The predicted molar refractivity (Wildman–Crippen MR) is 67.2 cm³/mol. The monoisotopic (exact) mass is 244 g/mol. The van der Waals surface area contributed by atoms with Gasteiger partial charge in [-0.25, -0.2) is 9.97 Å². The lowest BCUT2D eigenvalue weighted by molar-refractivity contribution is 0.477. The Morgan fingerprint density at radius 3 is 3.06 bits per heavy atom. The molecule has 1 saturated heterocycles. The van der Waals surface area contributed by atoms with Crippen molar-refractivity contribution in [1.82, 2.24) is 24.7 Å². The third kappa shape index (κ3) is 2.05. The van der Waals surface area contributed by atoms with Crippen LogP contribution in [0.5, 0.6) is 0 Å². The lowest BCUT2D eigenvalue weighted by atomic mass is 9.97. The van der Waals surface area contributed by atoms with Crippen molar-refractivity contribution < 1.29 is 0 Å². The van der Waals surface area contributed by atoms with Gasteiger partial charge in [0.15, 0.2) is 0 Å². The Bertz CT molecular complexity index is 508. The fourth-order valence-corrected chi connectivity index (χ4v) is 2.53. The SMILES string of the molecule is Cn1cnnc1C1CCCN(c2ccncn2)C1. The zero-order valence-corrected chi connectivity index (χ0v) is 10.4. The standard InChI is InChI=1S/C12H16N6/c1-17-9-15-16-12(17)10-3-2-6-18(7-10)11-4-5-13-8-14-11/h4-5,8-10H,2-3,6-7H2,1H3. The van der Waals surface area contributed by atoms with Crippen molar-refractivity contribution in [1.29, 1.82) is 0 Å². The zero-order valence-electron chi connectivity index (χ0n) is 10.4. The minimum Gasteiger partial charge on any atom is -0.356 e. The van der Waals surface area contributed by atoms with Gasteiger partial charge >= 0.3 is 0 Å². The van der Waals surface area contributed by atoms with Crippen LogP contribution in [-0.4, -0.2) is 37.8 Å². The second-order valence-electron chi connectivity index (χ2n) is 4.65. The van der Waals surface area contributed by atoms with Crippen LogP contribution < -0.4 is 4.90 Å². The Hall–Kier alpha value is -1.98. The lowest BCUT2D eigenvalue weighted by Crippen LogP contribution is -2.35. The van der Waals surface area contributed by atoms with Gasteiger partial charge in [-0.2, -0.15) is 0 Å². The average Bonchev–Trinajstić information content (AvgIpc) is 2.86. The molecule has 3 heterocycles. The summed E-state index contributed by atoms with van der Waals surface area (Å²) < 4.78 is 2.01. The summed E-state index contributed by atoms with van der Waals surface area (Å²) in [6.07, 6.45) is 7.46. The maximum absolute atomic E-state index is 4.31. The van der Waals surface area contributed by atoms with E-state index in [9.17, 15) is 0 Å². The molecule has 18 heavy (non-hydrogen) atoms. The number of aryl methyl sites for hydroxylation is 1. The van der Waals surface area contributed by atoms with Crippen LogP contribution in [0.1, 0.15) is 24.6 Å². The second-order valence-corrected chi connectivity index (χ2v) is 4.65. The molecule has 0 N–H and O–H groups in total. The fraction of sp³-hybridized carbons (Fsp3) is 0.500. The van der Waals surface area contributed by atoms with Gasteiger partial charge in [0.2, 0.25) is 0 Å². The van der Waals surface area contributed by atoms with Crippen molar-refractivity contribution in [3.63, 3.8) is 0 Å². The van der Waals surface area contributed by atoms with Gasteiger partial charge in [0, 0.05) is 32.3 Å². The van der Waals surface area contributed by atoms with E-state index in [1.54, 1.807) is 18.9 Å². The van der Waals surface area contributed by atoms with Crippen LogP contribution in [0, 0.1) is 0 Å². The van der Waals surface area contributed by atoms with Gasteiger partial charge in [-0.3, -0.25) is 0 Å². The lowest BCUT2D eigenvalue weighted by Gasteiger charge is -2.32. The molecule has 2 aromatic rings. The number of aromatic nitrogens is 5. The first-order chi connectivity index (χ1) is 8.84. The van der Waals surface area contributed by atoms with Crippen molar-refractivity contribution in [3.05, 3.63) is 30.7 Å². The predicted octanol–water partition coefficient (Wildman–Crippen LogP) is 0.989. The molecular weight excluding hydrogens is 228 g/mol. The Labute approximate surface area is 106 Å². The molecule has 0 spiro atoms. The highest BCUT2D eigenvalue weighted by molar-refractivity contribution is 5.37. The normalized spacial score (nSPS) is 20.1. The number of hydrogen-bond acceptors (Lipinski definition) is 5. The molecule has 0 aromatic carbocycles. The van der Waals surface area contributed by atoms with Gasteiger partial charge in [0.1, 0.15) is 24.3 Å². The summed E-state index contributed by atoms with van der Waals surface area (Å²) in [4.78, 5) is 10.6. The van der Waals surface area contributed by atoms with Crippen molar-refractivity contribution in [2.45, 2.75) is 18.8 Å². The summed E-state index contributed by atoms with van der Waals surface area (Å²) in [6, 6.07) is 1.96. The molecule has 1 unspecified atom stereocenters. The molecule has 3 rings (SSSR count). The Morgan fingerprint density at radius 1 is 1.39 bits per heavy atom. The number of rotatable bonds is 2. The molecule has 1 aliphatic rings. The molecule has 0 saturated carbocycles. The van der Waals surface area contributed by atoms with E-state index in [0.717, 1.165) is 37.6 Å². The van der Waals surface area contributed by atoms with E-state index >= 15 is 0 Å². The van der Waals surface area contributed by atoms with Crippen LogP contribution in [0.25, 0.3) is 0 Å². The molecule has 0 bridgehead atoms. The molecular formula is C12H16N6. The first kappa shape index (κ1) is 11.1.